The fourth-order valence-corrected chi connectivity index (χ4v) is 2.90. The van der Waals surface area contributed by atoms with Gasteiger partial charge in [-0.25, -0.2) is 13.6 Å². The maximum Gasteiger partial charge on any atom is 0.241 e. The minimum atomic E-state index is -4.54. The summed E-state index contributed by atoms with van der Waals surface area (Å²) < 4.78 is 111. The van der Waals surface area contributed by atoms with Crippen LogP contribution in [0.2, 0.25) is 0 Å². The number of rotatable bonds is 11. The van der Waals surface area contributed by atoms with Gasteiger partial charge in [-0.2, -0.15) is 0 Å². The third kappa shape index (κ3) is 6.40. The highest BCUT2D eigenvalue weighted by Gasteiger charge is 2.16. The van der Waals surface area contributed by atoms with E-state index in [1.807, 2.05) is 0 Å². The van der Waals surface area contributed by atoms with Crippen LogP contribution in [0.1, 0.15) is 31.7 Å². The van der Waals surface area contributed by atoms with Crippen LogP contribution < -0.4 is 24.7 Å². The molecule has 28 heavy (non-hydrogen) atoms. The number of hydrogen-bond acceptors (Lipinski definition) is 6. The monoisotopic (exact) mass is 417 g/mol. The van der Waals surface area contributed by atoms with Crippen molar-refractivity contribution in [3.05, 3.63) is 48.0 Å². The van der Waals surface area contributed by atoms with Gasteiger partial charge in [-0.1, -0.05) is 18.2 Å². The zero-order chi connectivity index (χ0) is 28.4. The predicted molar refractivity (Wildman–Crippen MR) is 109 cm³/mol. The molecule has 0 bridgehead atoms. The van der Waals surface area contributed by atoms with Crippen molar-refractivity contribution in [2.24, 2.45) is 5.14 Å². The van der Waals surface area contributed by atoms with E-state index >= 15 is 0 Å². The highest BCUT2D eigenvalue weighted by Crippen LogP contribution is 2.26. The molecule has 1 atom stereocenters. The molecule has 2 aromatic rings. The summed E-state index contributed by atoms with van der Waals surface area (Å²) in [5.41, 5.74) is -0.312. The Balaban J connectivity index is 2.36. The van der Waals surface area contributed by atoms with E-state index in [4.69, 9.17) is 26.9 Å². The van der Waals surface area contributed by atoms with Gasteiger partial charge in [0.05, 0.1) is 20.5 Å². The Labute approximate surface area is 179 Å². The van der Waals surface area contributed by atoms with Gasteiger partial charge in [-0.3, -0.25) is 0 Å². The van der Waals surface area contributed by atoms with Crippen molar-refractivity contribution in [1.29, 1.82) is 0 Å². The molecule has 7 nitrogen and oxygen atoms in total. The average Bonchev–Trinajstić information content (AvgIpc) is 2.73. The van der Waals surface area contributed by atoms with Gasteiger partial charge in [0.1, 0.15) is 17.2 Å². The molecular weight excluding hydrogens is 380 g/mol. The lowest BCUT2D eigenvalue weighted by Gasteiger charge is -2.16. The lowest BCUT2D eigenvalue weighted by molar-refractivity contribution is 0.272. The third-order valence-corrected chi connectivity index (χ3v) is 4.33. The Morgan fingerprint density at radius 3 is 2.54 bits per heavy atom. The van der Waals surface area contributed by atoms with E-state index < -0.39 is 53.2 Å². The van der Waals surface area contributed by atoms with E-state index in [1.54, 1.807) is 19.1 Å². The highest BCUT2D eigenvalue weighted by atomic mass is 32.2. The molecule has 8 heteroatoms. The number of para-hydroxylation sites is 2. The van der Waals surface area contributed by atoms with E-state index in [-0.39, 0.29) is 23.7 Å². The number of sulfonamides is 1. The van der Waals surface area contributed by atoms with Crippen LogP contribution in [0.3, 0.4) is 0 Å². The minimum absolute atomic E-state index is 0.0710. The van der Waals surface area contributed by atoms with Crippen molar-refractivity contribution in [3.8, 4) is 17.2 Å². The zero-order valence-corrected chi connectivity index (χ0v) is 16.2. The molecule has 0 heterocycles. The van der Waals surface area contributed by atoms with Crippen LogP contribution in [0, 0.1) is 0 Å². The summed E-state index contributed by atoms with van der Waals surface area (Å²) in [4.78, 5) is -0.786. The van der Waals surface area contributed by atoms with Crippen LogP contribution in [0.5, 0.6) is 17.2 Å². The predicted octanol–water partition coefficient (Wildman–Crippen LogP) is 2.34. The standard InChI is InChI=1S/C20H28N2O5S/c1-4-26-17-7-5-6-8-18(17)27-12-11-22-15(2)13-16-9-10-19(25-3)20(14-16)28(21,23)24/h5-10,14-15,22H,4,11-13H2,1-3H3,(H2,21,23,24)/t15-/m1/s1/i3D3,11D2,12D2,13D2. The van der Waals surface area contributed by atoms with E-state index in [0.717, 1.165) is 18.2 Å². The van der Waals surface area contributed by atoms with Gasteiger partial charge in [0.2, 0.25) is 10.0 Å². The van der Waals surface area contributed by atoms with Crippen molar-refractivity contribution in [1.82, 2.24) is 5.32 Å². The Bertz CT molecular complexity index is 1210. The summed E-state index contributed by atoms with van der Waals surface area (Å²) in [7, 11) is -7.55. The molecule has 0 aliphatic carbocycles. The molecule has 0 saturated heterocycles. The van der Waals surface area contributed by atoms with Crippen molar-refractivity contribution in [2.45, 2.75) is 31.2 Å². The largest absolute Gasteiger partial charge is 0.495 e. The Morgan fingerprint density at radius 2 is 1.89 bits per heavy atom. The van der Waals surface area contributed by atoms with E-state index in [2.05, 4.69) is 10.1 Å². The molecule has 0 saturated carbocycles. The molecule has 0 fully saturated rings. The molecule has 0 aliphatic heterocycles. The highest BCUT2D eigenvalue weighted by molar-refractivity contribution is 7.89. The fourth-order valence-electron chi connectivity index (χ4n) is 2.22. The first-order valence-corrected chi connectivity index (χ1v) is 9.81. The Morgan fingerprint density at radius 1 is 1.18 bits per heavy atom. The summed E-state index contributed by atoms with van der Waals surface area (Å²) in [6, 6.07) is 7.38. The van der Waals surface area contributed by atoms with Crippen molar-refractivity contribution in [3.63, 3.8) is 0 Å². The molecule has 0 amide bonds. The van der Waals surface area contributed by atoms with E-state index in [0.29, 0.717) is 0 Å². The van der Waals surface area contributed by atoms with Crippen LogP contribution >= 0.6 is 0 Å². The summed E-state index contributed by atoms with van der Waals surface area (Å²) in [5, 5.41) is 7.40. The normalized spacial score (nSPS) is 19.2. The number of ether oxygens (including phenoxy) is 3. The van der Waals surface area contributed by atoms with Crippen LogP contribution in [-0.4, -0.2) is 41.2 Å². The van der Waals surface area contributed by atoms with Crippen molar-refractivity contribution < 1.29 is 35.0 Å². The van der Waals surface area contributed by atoms with Crippen molar-refractivity contribution in [2.75, 3.05) is 26.7 Å². The van der Waals surface area contributed by atoms with Crippen LogP contribution in [0.25, 0.3) is 0 Å². The lowest BCUT2D eigenvalue weighted by atomic mass is 10.1. The molecule has 0 aromatic heterocycles. The van der Waals surface area contributed by atoms with Gasteiger partial charge in [0.15, 0.2) is 11.5 Å². The quantitative estimate of drug-likeness (QED) is 0.582. The smallest absolute Gasteiger partial charge is 0.241 e. The molecule has 0 spiro atoms. The first kappa shape index (κ1) is 12.3. The van der Waals surface area contributed by atoms with Crippen LogP contribution in [0.4, 0.5) is 0 Å². The Kier molecular flexibility index (Phi) is 4.53. The maximum absolute atomic E-state index is 12.0. The van der Waals surface area contributed by atoms with Crippen LogP contribution in [-0.2, 0) is 16.4 Å². The second-order valence-electron chi connectivity index (χ2n) is 5.53. The van der Waals surface area contributed by atoms with Gasteiger partial charge in [-0.15, -0.1) is 0 Å². The number of hydrogen-bond donors (Lipinski definition) is 2. The fraction of sp³-hybridized carbons (Fsp3) is 0.400. The minimum Gasteiger partial charge on any atom is -0.495 e. The molecule has 154 valence electrons. The van der Waals surface area contributed by atoms with Gasteiger partial charge >= 0.3 is 0 Å². The molecule has 0 unspecified atom stereocenters. The topological polar surface area (TPSA) is 99.9 Å². The number of nitrogens with one attached hydrogen (secondary N) is 1. The Hall–Kier alpha value is -2.29. The van der Waals surface area contributed by atoms with Gasteiger partial charge in [0, 0.05) is 18.0 Å². The number of nitrogens with two attached hydrogens (primary N) is 1. The van der Waals surface area contributed by atoms with Crippen LogP contribution in [0.15, 0.2) is 47.4 Å². The zero-order valence-electron chi connectivity index (χ0n) is 24.4. The van der Waals surface area contributed by atoms with Gasteiger partial charge < -0.3 is 19.5 Å². The number of primary sulfonamides is 1. The second kappa shape index (κ2) is 10.3. The maximum atomic E-state index is 12.0. The second-order valence-corrected chi connectivity index (χ2v) is 7.06. The third-order valence-electron chi connectivity index (χ3n) is 3.39. The summed E-state index contributed by atoms with van der Waals surface area (Å²) >= 11 is 0. The van der Waals surface area contributed by atoms with E-state index in [1.165, 1.54) is 19.1 Å². The average molecular weight is 418 g/mol. The number of benzene rings is 2. The number of methoxy groups -OCH3 is 1. The molecule has 0 aliphatic rings. The summed E-state index contributed by atoms with van der Waals surface area (Å²) in [5.74, 6) is -0.503. The molecule has 0 radical (unpaired) electrons. The van der Waals surface area contributed by atoms with E-state index in [9.17, 15) is 8.42 Å². The van der Waals surface area contributed by atoms with Crippen molar-refractivity contribution >= 4 is 10.0 Å². The van der Waals surface area contributed by atoms with Gasteiger partial charge in [-0.05, 0) is 50.0 Å². The summed E-state index contributed by atoms with van der Waals surface area (Å²) in [6.45, 7) is -2.81. The molecule has 2 aromatic carbocycles. The van der Waals surface area contributed by atoms with Gasteiger partial charge in [0.25, 0.3) is 0 Å². The molecular formula is C20H28N2O5S. The first-order chi connectivity index (χ1) is 16.7. The molecule has 3 N–H and O–H groups in total. The first-order valence-electron chi connectivity index (χ1n) is 12.8. The summed E-state index contributed by atoms with van der Waals surface area (Å²) in [6.07, 6.45) is -2.51. The SMILES string of the molecule is [2H]C([2H])([2H])Oc1ccc(C([2H])([2H])[C@@H](C)NC([2H])([2H])C([2H])([2H])Oc2ccccc2OCC)cc1S(N)(=O)=O. The molecule has 2 rings (SSSR count). The lowest BCUT2D eigenvalue weighted by Crippen LogP contribution is -2.32.